The number of para-hydroxylation sites is 2. The number of piperazine rings is 1. The van der Waals surface area contributed by atoms with Gasteiger partial charge in [-0.2, -0.15) is 0 Å². The van der Waals surface area contributed by atoms with E-state index in [-0.39, 0.29) is 5.82 Å². The Bertz CT molecular complexity index is 691. The highest BCUT2D eigenvalue weighted by Crippen LogP contribution is 2.28. The number of methoxy groups -OCH3 is 1. The van der Waals surface area contributed by atoms with E-state index in [2.05, 4.69) is 34.1 Å². The summed E-state index contributed by atoms with van der Waals surface area (Å²) in [7, 11) is 1.72. The maximum Gasteiger partial charge on any atom is 0.142 e. The molecule has 0 saturated carbocycles. The summed E-state index contributed by atoms with van der Waals surface area (Å²) in [5.74, 6) is 0.753. The molecule has 0 N–H and O–H groups in total. The van der Waals surface area contributed by atoms with Crippen LogP contribution in [0, 0.1) is 5.82 Å². The van der Waals surface area contributed by atoms with Crippen LogP contribution in [0.2, 0.25) is 0 Å². The maximum absolute atomic E-state index is 12.9. The molecule has 1 fully saturated rings. The van der Waals surface area contributed by atoms with Crippen LogP contribution in [0.5, 0.6) is 5.75 Å². The molecule has 0 bridgehead atoms. The standard InChI is InChI=1S/C21H25FN2O/c1-25-21-8-3-2-7-20(21)24-16-14-23(15-17-24)13-5-4-6-18-9-11-19(22)12-10-18/h2-4,6-12H,5,13-17H2,1H3/b6-4+. The summed E-state index contributed by atoms with van der Waals surface area (Å²) in [5, 5.41) is 0. The monoisotopic (exact) mass is 340 g/mol. The van der Waals surface area contributed by atoms with Gasteiger partial charge >= 0.3 is 0 Å². The Morgan fingerprint density at radius 1 is 1.00 bits per heavy atom. The van der Waals surface area contributed by atoms with E-state index in [1.807, 2.05) is 12.1 Å². The van der Waals surface area contributed by atoms with Gasteiger partial charge in [-0.15, -0.1) is 0 Å². The zero-order valence-electron chi connectivity index (χ0n) is 14.7. The largest absolute Gasteiger partial charge is 0.495 e. The van der Waals surface area contributed by atoms with Gasteiger partial charge in [0.25, 0.3) is 0 Å². The first-order valence-corrected chi connectivity index (χ1v) is 8.79. The van der Waals surface area contributed by atoms with Crippen molar-refractivity contribution in [1.29, 1.82) is 0 Å². The van der Waals surface area contributed by atoms with Gasteiger partial charge < -0.3 is 9.64 Å². The van der Waals surface area contributed by atoms with Crippen molar-refractivity contribution in [3.05, 3.63) is 66.0 Å². The molecule has 0 atom stereocenters. The summed E-state index contributed by atoms with van der Waals surface area (Å²) in [6.45, 7) is 5.20. The van der Waals surface area contributed by atoms with Crippen molar-refractivity contribution >= 4 is 11.8 Å². The average molecular weight is 340 g/mol. The molecule has 132 valence electrons. The van der Waals surface area contributed by atoms with Crippen molar-refractivity contribution < 1.29 is 9.13 Å². The molecule has 3 rings (SSSR count). The summed E-state index contributed by atoms with van der Waals surface area (Å²) < 4.78 is 18.3. The third kappa shape index (κ3) is 4.83. The second-order valence-corrected chi connectivity index (χ2v) is 6.24. The zero-order valence-corrected chi connectivity index (χ0v) is 14.7. The number of anilines is 1. The van der Waals surface area contributed by atoms with E-state index < -0.39 is 0 Å². The average Bonchev–Trinajstić information content (AvgIpc) is 2.67. The molecule has 2 aromatic rings. The van der Waals surface area contributed by atoms with Gasteiger partial charge in [0.05, 0.1) is 12.8 Å². The zero-order chi connectivity index (χ0) is 17.5. The van der Waals surface area contributed by atoms with Crippen LogP contribution in [0.3, 0.4) is 0 Å². The lowest BCUT2D eigenvalue weighted by molar-refractivity contribution is 0.262. The minimum Gasteiger partial charge on any atom is -0.495 e. The molecule has 4 heteroatoms. The van der Waals surface area contributed by atoms with Crippen molar-refractivity contribution in [1.82, 2.24) is 4.90 Å². The molecule has 0 amide bonds. The van der Waals surface area contributed by atoms with Crippen LogP contribution in [0.1, 0.15) is 12.0 Å². The predicted octanol–water partition coefficient (Wildman–Crippen LogP) is 4.06. The number of halogens is 1. The van der Waals surface area contributed by atoms with E-state index in [0.717, 1.165) is 50.5 Å². The van der Waals surface area contributed by atoms with Gasteiger partial charge in [-0.3, -0.25) is 4.90 Å². The minimum absolute atomic E-state index is 0.190. The van der Waals surface area contributed by atoms with Crippen LogP contribution >= 0.6 is 0 Å². The highest BCUT2D eigenvalue weighted by Gasteiger charge is 2.18. The molecule has 0 aliphatic carbocycles. The molecule has 1 aliphatic heterocycles. The molecule has 0 aromatic heterocycles. The summed E-state index contributed by atoms with van der Waals surface area (Å²) in [6.07, 6.45) is 5.23. The molecule has 1 aliphatic rings. The molecular formula is C21H25FN2O. The van der Waals surface area contributed by atoms with Gasteiger partial charge in [0.15, 0.2) is 0 Å². The van der Waals surface area contributed by atoms with Gasteiger partial charge in [-0.1, -0.05) is 36.4 Å². The van der Waals surface area contributed by atoms with Gasteiger partial charge in [-0.25, -0.2) is 4.39 Å². The smallest absolute Gasteiger partial charge is 0.142 e. The fourth-order valence-corrected chi connectivity index (χ4v) is 3.15. The molecule has 1 heterocycles. The van der Waals surface area contributed by atoms with Crippen LogP contribution in [-0.4, -0.2) is 44.7 Å². The Labute approximate surface area is 149 Å². The molecule has 1 saturated heterocycles. The Morgan fingerprint density at radius 2 is 1.72 bits per heavy atom. The number of nitrogens with zero attached hydrogens (tertiary/aromatic N) is 2. The SMILES string of the molecule is COc1ccccc1N1CCN(CC/C=C/c2ccc(F)cc2)CC1. The number of benzene rings is 2. The van der Waals surface area contributed by atoms with E-state index >= 15 is 0 Å². The quantitative estimate of drug-likeness (QED) is 0.789. The summed E-state index contributed by atoms with van der Waals surface area (Å²) >= 11 is 0. The van der Waals surface area contributed by atoms with Gasteiger partial charge in [0.2, 0.25) is 0 Å². The van der Waals surface area contributed by atoms with Crippen LogP contribution in [0.15, 0.2) is 54.6 Å². The molecular weight excluding hydrogens is 315 g/mol. The van der Waals surface area contributed by atoms with Crippen molar-refractivity contribution in [3.8, 4) is 5.75 Å². The molecule has 0 unspecified atom stereocenters. The lowest BCUT2D eigenvalue weighted by Crippen LogP contribution is -2.46. The van der Waals surface area contributed by atoms with Gasteiger partial charge in [0.1, 0.15) is 11.6 Å². The topological polar surface area (TPSA) is 15.7 Å². The van der Waals surface area contributed by atoms with Crippen molar-refractivity contribution in [3.63, 3.8) is 0 Å². The Morgan fingerprint density at radius 3 is 2.44 bits per heavy atom. The summed E-state index contributed by atoms with van der Waals surface area (Å²) in [5.41, 5.74) is 2.23. The number of hydrogen-bond donors (Lipinski definition) is 0. The summed E-state index contributed by atoms with van der Waals surface area (Å²) in [6, 6.07) is 14.8. The predicted molar refractivity (Wildman–Crippen MR) is 102 cm³/mol. The van der Waals surface area contributed by atoms with E-state index in [1.165, 1.54) is 17.8 Å². The lowest BCUT2D eigenvalue weighted by Gasteiger charge is -2.36. The first kappa shape index (κ1) is 17.5. The van der Waals surface area contributed by atoms with Gasteiger partial charge in [0, 0.05) is 32.7 Å². The fraction of sp³-hybridized carbons (Fsp3) is 0.333. The van der Waals surface area contributed by atoms with E-state index in [9.17, 15) is 4.39 Å². The lowest BCUT2D eigenvalue weighted by atomic mass is 10.2. The molecule has 0 spiro atoms. The van der Waals surface area contributed by atoms with Crippen LogP contribution in [0.25, 0.3) is 6.08 Å². The Hall–Kier alpha value is -2.33. The van der Waals surface area contributed by atoms with E-state index in [4.69, 9.17) is 4.74 Å². The molecule has 25 heavy (non-hydrogen) atoms. The van der Waals surface area contributed by atoms with Crippen LogP contribution in [0.4, 0.5) is 10.1 Å². The third-order valence-corrected chi connectivity index (χ3v) is 4.59. The van der Waals surface area contributed by atoms with Crippen LogP contribution < -0.4 is 9.64 Å². The first-order valence-electron chi connectivity index (χ1n) is 8.79. The van der Waals surface area contributed by atoms with E-state index in [1.54, 1.807) is 19.2 Å². The summed E-state index contributed by atoms with van der Waals surface area (Å²) in [4.78, 5) is 4.88. The minimum atomic E-state index is -0.190. The molecule has 0 radical (unpaired) electrons. The van der Waals surface area contributed by atoms with Crippen molar-refractivity contribution in [2.45, 2.75) is 6.42 Å². The number of rotatable bonds is 6. The van der Waals surface area contributed by atoms with E-state index in [0.29, 0.717) is 0 Å². The van der Waals surface area contributed by atoms with Crippen molar-refractivity contribution in [2.24, 2.45) is 0 Å². The van der Waals surface area contributed by atoms with Gasteiger partial charge in [-0.05, 0) is 36.2 Å². The Balaban J connectivity index is 1.44. The fourth-order valence-electron chi connectivity index (χ4n) is 3.15. The normalized spacial score (nSPS) is 15.7. The second-order valence-electron chi connectivity index (χ2n) is 6.24. The number of hydrogen-bond acceptors (Lipinski definition) is 3. The molecule has 2 aromatic carbocycles. The highest BCUT2D eigenvalue weighted by atomic mass is 19.1. The Kier molecular flexibility index (Phi) is 6.07. The highest BCUT2D eigenvalue weighted by molar-refractivity contribution is 5.58. The maximum atomic E-state index is 12.9. The second kappa shape index (κ2) is 8.67. The first-order chi connectivity index (χ1) is 12.3. The number of ether oxygens (including phenoxy) is 1. The van der Waals surface area contributed by atoms with Crippen LogP contribution in [-0.2, 0) is 0 Å². The van der Waals surface area contributed by atoms with Crippen molar-refractivity contribution in [2.75, 3.05) is 44.7 Å². The molecule has 3 nitrogen and oxygen atoms in total. The third-order valence-electron chi connectivity index (χ3n) is 4.59.